The number of urea groups is 1. The van der Waals surface area contributed by atoms with Crippen LogP contribution in [0.4, 0.5) is 4.79 Å². The number of ether oxygens (including phenoxy) is 1. The Labute approximate surface area is 113 Å². The quantitative estimate of drug-likeness (QED) is 0.681. The number of aliphatic carboxylic acids is 1. The van der Waals surface area contributed by atoms with Gasteiger partial charge in [0.05, 0.1) is 5.41 Å². The highest BCUT2D eigenvalue weighted by Gasteiger charge is 2.40. The molecule has 1 aliphatic heterocycles. The van der Waals surface area contributed by atoms with Crippen molar-refractivity contribution in [2.45, 2.75) is 45.6 Å². The lowest BCUT2D eigenvalue weighted by atomic mass is 9.80. The third kappa shape index (κ3) is 4.70. The van der Waals surface area contributed by atoms with Crippen molar-refractivity contribution in [3.63, 3.8) is 0 Å². The van der Waals surface area contributed by atoms with E-state index in [2.05, 4.69) is 17.6 Å². The number of rotatable bonds is 6. The smallest absolute Gasteiger partial charge is 0.315 e. The van der Waals surface area contributed by atoms with E-state index in [4.69, 9.17) is 4.74 Å². The van der Waals surface area contributed by atoms with Gasteiger partial charge in [-0.3, -0.25) is 4.79 Å². The third-order valence-corrected chi connectivity index (χ3v) is 3.59. The summed E-state index contributed by atoms with van der Waals surface area (Å²) in [5.41, 5.74) is -0.885. The Kier molecular flexibility index (Phi) is 6.08. The minimum absolute atomic E-state index is 0.0977. The molecule has 0 bridgehead atoms. The Balaban J connectivity index is 2.44. The van der Waals surface area contributed by atoms with Crippen LogP contribution in [0.2, 0.25) is 0 Å². The van der Waals surface area contributed by atoms with E-state index in [1.807, 2.05) is 6.92 Å². The third-order valence-electron chi connectivity index (χ3n) is 3.59. The zero-order chi connectivity index (χ0) is 14.3. The molecule has 0 radical (unpaired) electrons. The molecule has 1 rings (SSSR count). The van der Waals surface area contributed by atoms with Crippen LogP contribution in [0.25, 0.3) is 0 Å². The first-order valence-corrected chi connectivity index (χ1v) is 6.85. The zero-order valence-corrected chi connectivity index (χ0v) is 11.7. The molecule has 1 fully saturated rings. The summed E-state index contributed by atoms with van der Waals surface area (Å²) in [4.78, 5) is 23.1. The molecular weight excluding hydrogens is 248 g/mol. The fraction of sp³-hybridized carbons (Fsp3) is 0.846. The average molecular weight is 272 g/mol. The number of nitrogens with one attached hydrogen (secondary N) is 2. The van der Waals surface area contributed by atoms with Crippen LogP contribution >= 0.6 is 0 Å². The fourth-order valence-corrected chi connectivity index (χ4v) is 2.26. The standard InChI is InChI=1S/C13H24N2O4/c1-3-4-10(2)15-12(18)14-9-13(11(16)17)5-7-19-8-6-13/h10H,3-9H2,1-2H3,(H,16,17)(H2,14,15,18). The molecule has 0 aromatic heterocycles. The van der Waals surface area contributed by atoms with E-state index in [0.717, 1.165) is 12.8 Å². The first-order valence-electron chi connectivity index (χ1n) is 6.85. The fourth-order valence-electron chi connectivity index (χ4n) is 2.26. The Morgan fingerprint density at radius 3 is 2.53 bits per heavy atom. The minimum Gasteiger partial charge on any atom is -0.481 e. The second kappa shape index (κ2) is 7.33. The molecular formula is C13H24N2O4. The van der Waals surface area contributed by atoms with Gasteiger partial charge in [-0.15, -0.1) is 0 Å². The lowest BCUT2D eigenvalue weighted by molar-refractivity contribution is -0.154. The van der Waals surface area contributed by atoms with Crippen LogP contribution in [0.1, 0.15) is 39.5 Å². The number of hydrogen-bond acceptors (Lipinski definition) is 3. The number of amides is 2. The van der Waals surface area contributed by atoms with Gasteiger partial charge in [0.15, 0.2) is 0 Å². The van der Waals surface area contributed by atoms with Crippen LogP contribution < -0.4 is 10.6 Å². The van der Waals surface area contributed by atoms with Crippen LogP contribution in [-0.4, -0.2) is 42.9 Å². The highest BCUT2D eigenvalue weighted by atomic mass is 16.5. The predicted octanol–water partition coefficient (Wildman–Crippen LogP) is 1.36. The normalized spacial score (nSPS) is 19.5. The molecule has 1 aliphatic rings. The summed E-state index contributed by atoms with van der Waals surface area (Å²) in [7, 11) is 0. The molecule has 110 valence electrons. The molecule has 19 heavy (non-hydrogen) atoms. The Hall–Kier alpha value is -1.30. The van der Waals surface area contributed by atoms with E-state index >= 15 is 0 Å². The van der Waals surface area contributed by atoms with Gasteiger partial charge in [0.2, 0.25) is 0 Å². The van der Waals surface area contributed by atoms with Crippen molar-refractivity contribution in [1.82, 2.24) is 10.6 Å². The van der Waals surface area contributed by atoms with Crippen LogP contribution in [-0.2, 0) is 9.53 Å². The summed E-state index contributed by atoms with van der Waals surface area (Å²) >= 11 is 0. The monoisotopic (exact) mass is 272 g/mol. The SMILES string of the molecule is CCCC(C)NC(=O)NCC1(C(=O)O)CCOCC1. The molecule has 6 nitrogen and oxygen atoms in total. The predicted molar refractivity (Wildman–Crippen MR) is 71.0 cm³/mol. The summed E-state index contributed by atoms with van der Waals surface area (Å²) < 4.78 is 5.19. The van der Waals surface area contributed by atoms with E-state index in [0.29, 0.717) is 26.1 Å². The number of carbonyl (C=O) groups is 2. The van der Waals surface area contributed by atoms with Crippen molar-refractivity contribution in [3.8, 4) is 0 Å². The molecule has 0 aromatic carbocycles. The molecule has 1 heterocycles. The number of carbonyl (C=O) groups excluding carboxylic acids is 1. The van der Waals surface area contributed by atoms with Crippen LogP contribution in [0, 0.1) is 5.41 Å². The van der Waals surface area contributed by atoms with Gasteiger partial charge in [-0.2, -0.15) is 0 Å². The van der Waals surface area contributed by atoms with E-state index in [-0.39, 0.29) is 18.6 Å². The maximum Gasteiger partial charge on any atom is 0.315 e. The lowest BCUT2D eigenvalue weighted by Crippen LogP contribution is -2.50. The van der Waals surface area contributed by atoms with E-state index < -0.39 is 11.4 Å². The molecule has 0 aromatic rings. The van der Waals surface area contributed by atoms with E-state index in [1.165, 1.54) is 0 Å². The van der Waals surface area contributed by atoms with Crippen molar-refractivity contribution >= 4 is 12.0 Å². The first kappa shape index (κ1) is 15.8. The van der Waals surface area contributed by atoms with E-state index in [1.54, 1.807) is 0 Å². The maximum absolute atomic E-state index is 11.7. The Bertz CT molecular complexity index is 314. The van der Waals surface area contributed by atoms with Gasteiger partial charge in [-0.1, -0.05) is 13.3 Å². The van der Waals surface area contributed by atoms with Crippen molar-refractivity contribution in [3.05, 3.63) is 0 Å². The summed E-state index contributed by atoms with van der Waals surface area (Å²) in [5, 5.41) is 14.8. The van der Waals surface area contributed by atoms with Crippen molar-refractivity contribution < 1.29 is 19.4 Å². The topological polar surface area (TPSA) is 87.7 Å². The summed E-state index contributed by atoms with van der Waals surface area (Å²) in [6.45, 7) is 5.00. The molecule has 6 heteroatoms. The molecule has 1 saturated heterocycles. The van der Waals surface area contributed by atoms with Gasteiger partial charge in [-0.05, 0) is 26.2 Å². The van der Waals surface area contributed by atoms with Gasteiger partial charge in [0, 0.05) is 25.8 Å². The molecule has 1 atom stereocenters. The second-order valence-electron chi connectivity index (χ2n) is 5.21. The molecule has 0 spiro atoms. The maximum atomic E-state index is 11.7. The minimum atomic E-state index is -0.885. The average Bonchev–Trinajstić information content (AvgIpc) is 2.37. The molecule has 0 saturated carbocycles. The highest BCUT2D eigenvalue weighted by Crippen LogP contribution is 2.29. The van der Waals surface area contributed by atoms with Gasteiger partial charge < -0.3 is 20.5 Å². The summed E-state index contributed by atoms with van der Waals surface area (Å²) in [6, 6.07) is -0.200. The first-order chi connectivity index (χ1) is 9.00. The summed E-state index contributed by atoms with van der Waals surface area (Å²) in [6.07, 6.45) is 2.78. The van der Waals surface area contributed by atoms with Crippen LogP contribution in [0.5, 0.6) is 0 Å². The van der Waals surface area contributed by atoms with E-state index in [9.17, 15) is 14.7 Å². The number of carboxylic acids is 1. The van der Waals surface area contributed by atoms with Crippen LogP contribution in [0.3, 0.4) is 0 Å². The highest BCUT2D eigenvalue weighted by molar-refractivity contribution is 5.78. The van der Waals surface area contributed by atoms with Crippen molar-refractivity contribution in [2.75, 3.05) is 19.8 Å². The van der Waals surface area contributed by atoms with Crippen LogP contribution in [0.15, 0.2) is 0 Å². The Morgan fingerprint density at radius 1 is 1.37 bits per heavy atom. The van der Waals surface area contributed by atoms with Crippen molar-refractivity contribution in [1.29, 1.82) is 0 Å². The van der Waals surface area contributed by atoms with Gasteiger partial charge in [0.1, 0.15) is 0 Å². The Morgan fingerprint density at radius 2 is 2.00 bits per heavy atom. The molecule has 0 aliphatic carbocycles. The lowest BCUT2D eigenvalue weighted by Gasteiger charge is -2.33. The van der Waals surface area contributed by atoms with Gasteiger partial charge in [-0.25, -0.2) is 4.79 Å². The number of carboxylic acid groups (broad SMARTS) is 1. The molecule has 3 N–H and O–H groups in total. The molecule has 1 unspecified atom stereocenters. The number of hydrogen-bond donors (Lipinski definition) is 3. The van der Waals surface area contributed by atoms with Gasteiger partial charge in [0.25, 0.3) is 0 Å². The molecule has 2 amide bonds. The zero-order valence-electron chi connectivity index (χ0n) is 11.7. The largest absolute Gasteiger partial charge is 0.481 e. The second-order valence-corrected chi connectivity index (χ2v) is 5.21. The van der Waals surface area contributed by atoms with Gasteiger partial charge >= 0.3 is 12.0 Å². The van der Waals surface area contributed by atoms with Crippen molar-refractivity contribution in [2.24, 2.45) is 5.41 Å². The summed E-state index contributed by atoms with van der Waals surface area (Å²) in [5.74, 6) is -0.863.